The third kappa shape index (κ3) is 2.51. The summed E-state index contributed by atoms with van der Waals surface area (Å²) in [5.41, 5.74) is 3.18. The van der Waals surface area contributed by atoms with E-state index in [0.29, 0.717) is 5.92 Å². The summed E-state index contributed by atoms with van der Waals surface area (Å²) in [6.07, 6.45) is 9.98. The third-order valence-corrected chi connectivity index (χ3v) is 2.49. The molecule has 0 radical (unpaired) electrons. The van der Waals surface area contributed by atoms with E-state index in [4.69, 9.17) is 0 Å². The van der Waals surface area contributed by atoms with Gasteiger partial charge in [0.1, 0.15) is 0 Å². The molecule has 1 rings (SSSR count). The summed E-state index contributed by atoms with van der Waals surface area (Å²) >= 11 is 0. The Labute approximate surface area is 76.4 Å². The normalized spacial score (nSPS) is 16.7. The van der Waals surface area contributed by atoms with Gasteiger partial charge >= 0.3 is 0 Å². The number of unbranched alkanes of at least 4 members (excludes halogenated alkanes) is 1. The minimum absolute atomic E-state index is 0.712. The Balaban J connectivity index is 2.38. The van der Waals surface area contributed by atoms with Crippen LogP contribution in [0, 0.1) is 5.92 Å². The second-order valence-electron chi connectivity index (χ2n) is 3.97. The first-order chi connectivity index (χ1) is 5.74. The lowest BCUT2D eigenvalue weighted by atomic mass is 10.0. The number of hydrogen-bond donors (Lipinski definition) is 0. The Morgan fingerprint density at radius 1 is 1.42 bits per heavy atom. The van der Waals surface area contributed by atoms with Crippen LogP contribution in [0.25, 0.3) is 0 Å². The highest BCUT2D eigenvalue weighted by molar-refractivity contribution is 5.33. The molecule has 0 heteroatoms. The fourth-order valence-electron chi connectivity index (χ4n) is 1.58. The summed E-state index contributed by atoms with van der Waals surface area (Å²) < 4.78 is 0. The van der Waals surface area contributed by atoms with Crippen molar-refractivity contribution in [3.05, 3.63) is 23.3 Å². The van der Waals surface area contributed by atoms with E-state index in [9.17, 15) is 0 Å². The van der Waals surface area contributed by atoms with Gasteiger partial charge in [-0.15, -0.1) is 0 Å². The van der Waals surface area contributed by atoms with E-state index in [1.165, 1.54) is 25.7 Å². The topological polar surface area (TPSA) is 0 Å². The average molecular weight is 164 g/mol. The van der Waals surface area contributed by atoms with Gasteiger partial charge in [-0.1, -0.05) is 44.9 Å². The maximum Gasteiger partial charge on any atom is -0.0130 e. The Bertz CT molecular complexity index is 194. The molecule has 0 heterocycles. The summed E-state index contributed by atoms with van der Waals surface area (Å²) in [5.74, 6) is 0.712. The Morgan fingerprint density at radius 2 is 2.17 bits per heavy atom. The van der Waals surface area contributed by atoms with E-state index in [1.807, 2.05) is 0 Å². The zero-order valence-corrected chi connectivity index (χ0v) is 8.56. The van der Waals surface area contributed by atoms with Crippen LogP contribution >= 0.6 is 0 Å². The Morgan fingerprint density at radius 3 is 2.67 bits per heavy atom. The van der Waals surface area contributed by atoms with Crippen molar-refractivity contribution in [1.29, 1.82) is 0 Å². The van der Waals surface area contributed by atoms with Gasteiger partial charge in [-0.05, 0) is 30.8 Å². The minimum atomic E-state index is 0.712. The second-order valence-corrected chi connectivity index (χ2v) is 3.97. The molecule has 0 aromatic carbocycles. The molecule has 0 N–H and O–H groups in total. The summed E-state index contributed by atoms with van der Waals surface area (Å²) in [4.78, 5) is 0. The highest BCUT2D eigenvalue weighted by Crippen LogP contribution is 2.26. The number of hydrogen-bond acceptors (Lipinski definition) is 0. The van der Waals surface area contributed by atoms with Crippen molar-refractivity contribution in [3.8, 4) is 0 Å². The molecule has 0 saturated carbocycles. The molecule has 1 aliphatic carbocycles. The van der Waals surface area contributed by atoms with Crippen molar-refractivity contribution in [2.24, 2.45) is 5.92 Å². The predicted molar refractivity (Wildman–Crippen MR) is 55.1 cm³/mol. The van der Waals surface area contributed by atoms with Gasteiger partial charge in [-0.2, -0.15) is 0 Å². The molecular formula is C12H20. The maximum atomic E-state index is 2.40. The van der Waals surface area contributed by atoms with Gasteiger partial charge in [-0.3, -0.25) is 0 Å². The standard InChI is InChI=1S/C12H20/c1-4-5-6-11-7-8-12(9-11)10(2)3/h8-10H,4-7H2,1-3H3. The molecule has 0 unspecified atom stereocenters. The molecule has 0 atom stereocenters. The molecule has 0 aliphatic heterocycles. The molecule has 12 heavy (non-hydrogen) atoms. The monoisotopic (exact) mass is 164 g/mol. The van der Waals surface area contributed by atoms with Crippen molar-refractivity contribution in [2.75, 3.05) is 0 Å². The van der Waals surface area contributed by atoms with E-state index < -0.39 is 0 Å². The molecule has 0 fully saturated rings. The average Bonchev–Trinajstić information content (AvgIpc) is 2.48. The van der Waals surface area contributed by atoms with Gasteiger partial charge in [0.15, 0.2) is 0 Å². The van der Waals surface area contributed by atoms with Crippen LogP contribution in [0.4, 0.5) is 0 Å². The van der Waals surface area contributed by atoms with Gasteiger partial charge in [-0.25, -0.2) is 0 Å². The van der Waals surface area contributed by atoms with Crippen molar-refractivity contribution < 1.29 is 0 Å². The second kappa shape index (κ2) is 4.49. The van der Waals surface area contributed by atoms with Crippen LogP contribution in [0.15, 0.2) is 23.3 Å². The first kappa shape index (κ1) is 9.57. The highest BCUT2D eigenvalue weighted by atomic mass is 14.1. The van der Waals surface area contributed by atoms with E-state index in [2.05, 4.69) is 32.9 Å². The quantitative estimate of drug-likeness (QED) is 0.587. The molecule has 68 valence electrons. The first-order valence-electron chi connectivity index (χ1n) is 5.13. The molecule has 0 saturated heterocycles. The summed E-state index contributed by atoms with van der Waals surface area (Å²) in [6, 6.07) is 0. The van der Waals surface area contributed by atoms with E-state index >= 15 is 0 Å². The van der Waals surface area contributed by atoms with Crippen LogP contribution in [-0.2, 0) is 0 Å². The van der Waals surface area contributed by atoms with E-state index in [1.54, 1.807) is 11.1 Å². The van der Waals surface area contributed by atoms with E-state index in [-0.39, 0.29) is 0 Å². The van der Waals surface area contributed by atoms with Crippen molar-refractivity contribution in [3.63, 3.8) is 0 Å². The van der Waals surface area contributed by atoms with Crippen molar-refractivity contribution >= 4 is 0 Å². The van der Waals surface area contributed by atoms with Gasteiger partial charge in [0.2, 0.25) is 0 Å². The fraction of sp³-hybridized carbons (Fsp3) is 0.667. The van der Waals surface area contributed by atoms with Crippen LogP contribution in [0.3, 0.4) is 0 Å². The van der Waals surface area contributed by atoms with Crippen LogP contribution in [-0.4, -0.2) is 0 Å². The number of allylic oxidation sites excluding steroid dienone is 4. The van der Waals surface area contributed by atoms with Gasteiger partial charge in [0.05, 0.1) is 0 Å². The molecule has 0 aromatic heterocycles. The molecule has 1 aliphatic rings. The molecule has 0 spiro atoms. The van der Waals surface area contributed by atoms with E-state index in [0.717, 1.165) is 0 Å². The summed E-state index contributed by atoms with van der Waals surface area (Å²) in [6.45, 7) is 6.79. The predicted octanol–water partition coefficient (Wildman–Crippen LogP) is 4.09. The SMILES string of the molecule is CCCCC1=CC(C(C)C)=CC1. The van der Waals surface area contributed by atoms with Gasteiger partial charge in [0.25, 0.3) is 0 Å². The number of rotatable bonds is 4. The van der Waals surface area contributed by atoms with Crippen molar-refractivity contribution in [1.82, 2.24) is 0 Å². The Kier molecular flexibility index (Phi) is 3.58. The third-order valence-electron chi connectivity index (χ3n) is 2.49. The molecule has 0 aromatic rings. The highest BCUT2D eigenvalue weighted by Gasteiger charge is 2.08. The molecule has 0 nitrogen and oxygen atoms in total. The van der Waals surface area contributed by atoms with Gasteiger partial charge in [0, 0.05) is 0 Å². The lowest BCUT2D eigenvalue weighted by Crippen LogP contribution is -1.86. The molecular weight excluding hydrogens is 144 g/mol. The molecule has 0 bridgehead atoms. The van der Waals surface area contributed by atoms with Crippen LogP contribution < -0.4 is 0 Å². The zero-order chi connectivity index (χ0) is 8.97. The largest absolute Gasteiger partial charge is 0.0770 e. The summed E-state index contributed by atoms with van der Waals surface area (Å²) in [5, 5.41) is 0. The maximum absolute atomic E-state index is 2.40. The Hall–Kier alpha value is -0.520. The first-order valence-corrected chi connectivity index (χ1v) is 5.13. The molecule has 0 amide bonds. The van der Waals surface area contributed by atoms with Crippen molar-refractivity contribution in [2.45, 2.75) is 46.5 Å². The summed E-state index contributed by atoms with van der Waals surface area (Å²) in [7, 11) is 0. The lowest BCUT2D eigenvalue weighted by molar-refractivity contribution is 0.777. The fourth-order valence-corrected chi connectivity index (χ4v) is 1.58. The van der Waals surface area contributed by atoms with Crippen LogP contribution in [0.1, 0.15) is 46.5 Å². The van der Waals surface area contributed by atoms with Crippen LogP contribution in [0.2, 0.25) is 0 Å². The minimum Gasteiger partial charge on any atom is -0.0770 e. The lowest BCUT2D eigenvalue weighted by Gasteiger charge is -2.01. The van der Waals surface area contributed by atoms with Gasteiger partial charge < -0.3 is 0 Å². The van der Waals surface area contributed by atoms with Crippen LogP contribution in [0.5, 0.6) is 0 Å². The smallest absolute Gasteiger partial charge is 0.0130 e. The zero-order valence-electron chi connectivity index (χ0n) is 8.56.